The van der Waals surface area contributed by atoms with Gasteiger partial charge >= 0.3 is 5.97 Å². The van der Waals surface area contributed by atoms with E-state index in [1.54, 1.807) is 0 Å². The van der Waals surface area contributed by atoms with Gasteiger partial charge in [-0.25, -0.2) is 4.79 Å². The highest BCUT2D eigenvalue weighted by molar-refractivity contribution is 7.23. The average molecular weight is 256 g/mol. The molecule has 0 bridgehead atoms. The van der Waals surface area contributed by atoms with Crippen molar-refractivity contribution in [2.75, 3.05) is 5.32 Å². The Morgan fingerprint density at radius 1 is 1.44 bits per heavy atom. The average Bonchev–Trinajstić information content (AvgIpc) is 2.68. The van der Waals surface area contributed by atoms with Gasteiger partial charge in [-0.2, -0.15) is 4.37 Å². The third-order valence-corrected chi connectivity index (χ3v) is 3.94. The minimum Gasteiger partial charge on any atom is -0.477 e. The molecule has 2 N–H and O–H groups in total. The van der Waals surface area contributed by atoms with E-state index in [1.165, 1.54) is 18.5 Å². The molecule has 16 heavy (non-hydrogen) atoms. The molecule has 7 heteroatoms. The molecule has 2 aromatic heterocycles. The second kappa shape index (κ2) is 3.84. The summed E-state index contributed by atoms with van der Waals surface area (Å²) in [6.45, 7) is 3.20. The molecule has 2 heterocycles. The van der Waals surface area contributed by atoms with Crippen LogP contribution in [0, 0.1) is 6.92 Å². The third kappa shape index (κ3) is 1.68. The maximum absolute atomic E-state index is 11.0. The minimum absolute atomic E-state index is 0.128. The number of aromatic carboxylic acids is 1. The highest BCUT2D eigenvalue weighted by Crippen LogP contribution is 2.38. The van der Waals surface area contributed by atoms with E-state index in [0.29, 0.717) is 10.5 Å². The van der Waals surface area contributed by atoms with Crippen LogP contribution in [0.2, 0.25) is 0 Å². The number of fused-ring (bicyclic) bond motifs is 1. The van der Waals surface area contributed by atoms with Crippen LogP contribution in [-0.2, 0) is 4.79 Å². The van der Waals surface area contributed by atoms with Crippen LogP contribution in [0.5, 0.6) is 0 Å². The molecular formula is C9H8N2O3S2. The van der Waals surface area contributed by atoms with Gasteiger partial charge in [0.05, 0.1) is 11.1 Å². The number of thiophene rings is 1. The largest absolute Gasteiger partial charge is 0.477 e. The Hall–Kier alpha value is -1.47. The number of carboxylic acid groups (broad SMARTS) is 1. The number of carboxylic acids is 1. The standard InChI is InChI=1S/C9H8N2O3S2/c1-3-5-6(10-4(2)12)7(9(13)14)15-8(5)11-16-3/h1-2H3,(H,10,12)(H,13,14). The fraction of sp³-hybridized carbons (Fsp3) is 0.222. The maximum atomic E-state index is 11.0. The monoisotopic (exact) mass is 256 g/mol. The summed E-state index contributed by atoms with van der Waals surface area (Å²) in [5.74, 6) is -1.33. The van der Waals surface area contributed by atoms with Crippen LogP contribution in [0.4, 0.5) is 5.69 Å². The molecule has 0 saturated heterocycles. The molecule has 0 aromatic carbocycles. The fourth-order valence-corrected chi connectivity index (χ4v) is 3.23. The number of hydrogen-bond donors (Lipinski definition) is 2. The Morgan fingerprint density at radius 2 is 2.12 bits per heavy atom. The van der Waals surface area contributed by atoms with Crippen LogP contribution in [0.1, 0.15) is 21.5 Å². The Balaban J connectivity index is 2.71. The van der Waals surface area contributed by atoms with Crippen molar-refractivity contribution in [1.82, 2.24) is 4.37 Å². The van der Waals surface area contributed by atoms with E-state index in [-0.39, 0.29) is 10.8 Å². The third-order valence-electron chi connectivity index (χ3n) is 2.00. The molecule has 0 aliphatic rings. The molecule has 0 atom stereocenters. The second-order valence-electron chi connectivity index (χ2n) is 3.21. The zero-order chi connectivity index (χ0) is 11.9. The lowest BCUT2D eigenvalue weighted by molar-refractivity contribution is -0.114. The van der Waals surface area contributed by atoms with E-state index in [9.17, 15) is 9.59 Å². The van der Waals surface area contributed by atoms with Gasteiger partial charge in [0.15, 0.2) is 0 Å². The van der Waals surface area contributed by atoms with Crippen molar-refractivity contribution >= 4 is 50.6 Å². The Kier molecular flexibility index (Phi) is 2.64. The number of nitrogens with one attached hydrogen (secondary N) is 1. The quantitative estimate of drug-likeness (QED) is 0.864. The first-order valence-electron chi connectivity index (χ1n) is 4.40. The van der Waals surface area contributed by atoms with E-state index in [4.69, 9.17) is 5.11 Å². The first-order chi connectivity index (χ1) is 7.50. The summed E-state index contributed by atoms with van der Waals surface area (Å²) >= 11 is 2.38. The van der Waals surface area contributed by atoms with Gasteiger partial charge in [0.25, 0.3) is 0 Å². The summed E-state index contributed by atoms with van der Waals surface area (Å²) in [6.07, 6.45) is 0. The summed E-state index contributed by atoms with van der Waals surface area (Å²) in [4.78, 5) is 23.8. The number of carbonyl (C=O) groups is 2. The zero-order valence-electron chi connectivity index (χ0n) is 8.53. The number of nitrogens with zero attached hydrogens (tertiary/aromatic N) is 1. The van der Waals surface area contributed by atoms with E-state index in [0.717, 1.165) is 21.6 Å². The molecule has 2 rings (SSSR count). The molecular weight excluding hydrogens is 248 g/mol. The van der Waals surface area contributed by atoms with Crippen LogP contribution in [-0.4, -0.2) is 21.4 Å². The van der Waals surface area contributed by atoms with Crippen molar-refractivity contribution in [2.45, 2.75) is 13.8 Å². The Morgan fingerprint density at radius 3 is 2.69 bits per heavy atom. The Bertz CT molecular complexity index is 585. The van der Waals surface area contributed by atoms with Crippen LogP contribution >= 0.6 is 22.9 Å². The number of carbonyl (C=O) groups excluding carboxylic acids is 1. The van der Waals surface area contributed by atoms with Gasteiger partial charge in [-0.3, -0.25) is 4.79 Å². The van der Waals surface area contributed by atoms with E-state index in [1.807, 2.05) is 6.92 Å². The lowest BCUT2D eigenvalue weighted by Crippen LogP contribution is -2.08. The highest BCUT2D eigenvalue weighted by atomic mass is 32.1. The summed E-state index contributed by atoms with van der Waals surface area (Å²) in [5, 5.41) is 12.3. The van der Waals surface area contributed by atoms with Crippen LogP contribution < -0.4 is 5.32 Å². The van der Waals surface area contributed by atoms with E-state index < -0.39 is 5.97 Å². The van der Waals surface area contributed by atoms with Crippen molar-refractivity contribution in [3.8, 4) is 0 Å². The molecule has 84 valence electrons. The predicted molar refractivity (Wildman–Crippen MR) is 63.5 cm³/mol. The number of aromatic nitrogens is 1. The topological polar surface area (TPSA) is 79.3 Å². The van der Waals surface area contributed by atoms with Crippen molar-refractivity contribution in [3.05, 3.63) is 9.75 Å². The molecule has 2 aromatic rings. The number of aryl methyl sites for hydroxylation is 1. The van der Waals surface area contributed by atoms with E-state index >= 15 is 0 Å². The van der Waals surface area contributed by atoms with Crippen LogP contribution in [0.15, 0.2) is 0 Å². The zero-order valence-corrected chi connectivity index (χ0v) is 10.2. The van der Waals surface area contributed by atoms with Crippen LogP contribution in [0.25, 0.3) is 10.2 Å². The summed E-state index contributed by atoms with van der Waals surface area (Å²) in [7, 11) is 0. The van der Waals surface area contributed by atoms with Crippen molar-refractivity contribution in [1.29, 1.82) is 0 Å². The lowest BCUT2D eigenvalue weighted by atomic mass is 10.2. The molecule has 1 amide bonds. The molecule has 5 nitrogen and oxygen atoms in total. The van der Waals surface area contributed by atoms with Crippen LogP contribution in [0.3, 0.4) is 0 Å². The van der Waals surface area contributed by atoms with Gasteiger partial charge < -0.3 is 10.4 Å². The fourth-order valence-electron chi connectivity index (χ4n) is 1.41. The lowest BCUT2D eigenvalue weighted by Gasteiger charge is -2.01. The van der Waals surface area contributed by atoms with E-state index in [2.05, 4.69) is 9.69 Å². The number of amides is 1. The second-order valence-corrected chi connectivity index (χ2v) is 5.19. The normalized spacial score (nSPS) is 10.6. The van der Waals surface area contributed by atoms with Gasteiger partial charge in [-0.15, -0.1) is 11.3 Å². The van der Waals surface area contributed by atoms with Crippen molar-refractivity contribution < 1.29 is 14.7 Å². The molecule has 0 aliphatic carbocycles. The van der Waals surface area contributed by atoms with Gasteiger partial charge in [-0.1, -0.05) is 0 Å². The molecule has 0 spiro atoms. The van der Waals surface area contributed by atoms with Gasteiger partial charge in [0.1, 0.15) is 9.71 Å². The summed E-state index contributed by atoms with van der Waals surface area (Å²) < 4.78 is 4.13. The number of anilines is 1. The summed E-state index contributed by atoms with van der Waals surface area (Å²) in [6, 6.07) is 0. The first kappa shape index (κ1) is 11.0. The molecule has 0 saturated carbocycles. The van der Waals surface area contributed by atoms with Gasteiger partial charge in [-0.05, 0) is 18.5 Å². The SMILES string of the molecule is CC(=O)Nc1c(C(=O)O)sc2nsc(C)c12. The van der Waals surface area contributed by atoms with Gasteiger partial charge in [0, 0.05) is 11.8 Å². The Labute approximate surface area is 98.9 Å². The van der Waals surface area contributed by atoms with Crippen molar-refractivity contribution in [3.63, 3.8) is 0 Å². The molecule has 0 radical (unpaired) electrons. The highest BCUT2D eigenvalue weighted by Gasteiger charge is 2.21. The first-order valence-corrected chi connectivity index (χ1v) is 5.99. The minimum atomic E-state index is -1.05. The summed E-state index contributed by atoms with van der Waals surface area (Å²) in [5.41, 5.74) is 0.367. The molecule has 0 fully saturated rings. The van der Waals surface area contributed by atoms with Crippen molar-refractivity contribution in [2.24, 2.45) is 0 Å². The molecule has 0 aliphatic heterocycles. The number of hydrogen-bond acceptors (Lipinski definition) is 5. The molecule has 0 unspecified atom stereocenters. The number of rotatable bonds is 2. The maximum Gasteiger partial charge on any atom is 0.348 e. The smallest absolute Gasteiger partial charge is 0.348 e. The predicted octanol–water partition coefficient (Wildman–Crippen LogP) is 2.32. The van der Waals surface area contributed by atoms with Gasteiger partial charge in [0.2, 0.25) is 5.91 Å².